The smallest absolute Gasteiger partial charge is 0.147 e. The minimum Gasteiger partial charge on any atom is -0.390 e. The lowest BCUT2D eigenvalue weighted by Crippen LogP contribution is -1.82. The number of halogens is 2. The molecule has 0 saturated heterocycles. The molecule has 0 aliphatic rings. The molecule has 0 fully saturated rings. The minimum absolute atomic E-state index is 0.130. The Hall–Kier alpha value is -0.870. The van der Waals surface area contributed by atoms with Crippen LogP contribution in [0.1, 0.15) is 5.69 Å². The Kier molecular flexibility index (Phi) is 2.09. The lowest BCUT2D eigenvalue weighted by molar-refractivity contribution is 0.277. The first-order valence-corrected chi connectivity index (χ1v) is 4.58. The van der Waals surface area contributed by atoms with E-state index in [-0.39, 0.29) is 12.4 Å². The van der Waals surface area contributed by atoms with Crippen molar-refractivity contribution < 1.29 is 9.50 Å². The van der Waals surface area contributed by atoms with Gasteiger partial charge in [0, 0.05) is 9.86 Å². The van der Waals surface area contributed by atoms with E-state index in [0.717, 1.165) is 9.86 Å². The Morgan fingerprint density at radius 1 is 1.46 bits per heavy atom. The number of aliphatic hydroxyl groups excluding tert-OH is 1. The quantitative estimate of drug-likeness (QED) is 0.794. The number of aromatic nitrogens is 1. The van der Waals surface area contributed by atoms with Gasteiger partial charge in [-0.1, -0.05) is 12.1 Å². The summed E-state index contributed by atoms with van der Waals surface area (Å²) in [6.45, 7) is -0.130. The van der Waals surface area contributed by atoms with E-state index in [4.69, 9.17) is 5.11 Å². The van der Waals surface area contributed by atoms with Crippen LogP contribution in [0.15, 0.2) is 22.7 Å². The Labute approximate surface area is 82.5 Å². The molecule has 13 heavy (non-hydrogen) atoms. The Bertz CT molecular complexity index is 452. The van der Waals surface area contributed by atoms with E-state index in [1.807, 2.05) is 0 Å². The SMILES string of the molecule is OCc1[nH]c2c(F)cccc2c1Br. The molecule has 0 aliphatic carbocycles. The second kappa shape index (κ2) is 3.12. The first-order chi connectivity index (χ1) is 6.24. The number of nitrogens with one attached hydrogen (secondary N) is 1. The second-order valence-corrected chi connectivity index (χ2v) is 3.53. The fourth-order valence-corrected chi connectivity index (χ4v) is 1.87. The number of para-hydroxylation sites is 1. The number of rotatable bonds is 1. The molecular weight excluding hydrogens is 237 g/mol. The molecule has 4 heteroatoms. The highest BCUT2D eigenvalue weighted by Crippen LogP contribution is 2.29. The van der Waals surface area contributed by atoms with Gasteiger partial charge in [0.05, 0.1) is 17.8 Å². The maximum Gasteiger partial charge on any atom is 0.147 e. The lowest BCUT2D eigenvalue weighted by Gasteiger charge is -1.90. The molecule has 0 saturated carbocycles. The summed E-state index contributed by atoms with van der Waals surface area (Å²) in [7, 11) is 0. The zero-order chi connectivity index (χ0) is 9.42. The molecule has 2 N–H and O–H groups in total. The third kappa shape index (κ3) is 1.26. The van der Waals surface area contributed by atoms with Crippen molar-refractivity contribution in [3.05, 3.63) is 34.2 Å². The lowest BCUT2D eigenvalue weighted by atomic mass is 10.2. The van der Waals surface area contributed by atoms with E-state index in [1.54, 1.807) is 12.1 Å². The second-order valence-electron chi connectivity index (χ2n) is 2.74. The molecule has 2 aromatic rings. The molecule has 1 aromatic carbocycles. The van der Waals surface area contributed by atoms with Crippen molar-refractivity contribution in [2.45, 2.75) is 6.61 Å². The number of aromatic amines is 1. The zero-order valence-electron chi connectivity index (χ0n) is 6.64. The van der Waals surface area contributed by atoms with Crippen LogP contribution in [0.25, 0.3) is 10.9 Å². The van der Waals surface area contributed by atoms with Crippen LogP contribution in [0, 0.1) is 5.82 Å². The summed E-state index contributed by atoms with van der Waals surface area (Å²) in [6.07, 6.45) is 0. The molecule has 0 unspecified atom stereocenters. The van der Waals surface area contributed by atoms with Crippen molar-refractivity contribution in [2.24, 2.45) is 0 Å². The van der Waals surface area contributed by atoms with Gasteiger partial charge in [-0.25, -0.2) is 4.39 Å². The van der Waals surface area contributed by atoms with E-state index in [2.05, 4.69) is 20.9 Å². The summed E-state index contributed by atoms with van der Waals surface area (Å²) in [5.74, 6) is -0.307. The molecule has 0 aliphatic heterocycles. The normalized spacial score (nSPS) is 11.0. The molecule has 2 nitrogen and oxygen atoms in total. The predicted molar refractivity (Wildman–Crippen MR) is 51.9 cm³/mol. The summed E-state index contributed by atoms with van der Waals surface area (Å²) in [6, 6.07) is 4.81. The Morgan fingerprint density at radius 2 is 2.23 bits per heavy atom. The minimum atomic E-state index is -0.307. The van der Waals surface area contributed by atoms with E-state index < -0.39 is 0 Å². The highest BCUT2D eigenvalue weighted by Gasteiger charge is 2.10. The highest BCUT2D eigenvalue weighted by atomic mass is 79.9. The summed E-state index contributed by atoms with van der Waals surface area (Å²) in [4.78, 5) is 2.81. The number of aliphatic hydroxyl groups is 1. The molecule has 0 amide bonds. The van der Waals surface area contributed by atoms with Crippen LogP contribution in [0.2, 0.25) is 0 Å². The number of hydrogen-bond donors (Lipinski definition) is 2. The molecule has 1 heterocycles. The Balaban J connectivity index is 2.83. The van der Waals surface area contributed by atoms with Crippen molar-refractivity contribution in [2.75, 3.05) is 0 Å². The van der Waals surface area contributed by atoms with Crippen LogP contribution in [0.4, 0.5) is 4.39 Å². The maximum atomic E-state index is 13.2. The van der Waals surface area contributed by atoms with Crippen LogP contribution in [-0.2, 0) is 6.61 Å². The summed E-state index contributed by atoms with van der Waals surface area (Å²) in [5, 5.41) is 9.68. The van der Waals surface area contributed by atoms with Crippen LogP contribution in [0.3, 0.4) is 0 Å². The fraction of sp³-hybridized carbons (Fsp3) is 0.111. The van der Waals surface area contributed by atoms with Crippen LogP contribution in [0.5, 0.6) is 0 Å². The standard InChI is InChI=1S/C9H7BrFNO/c10-8-5-2-1-3-6(11)9(5)12-7(8)4-13/h1-3,12-13H,4H2. The number of H-pyrrole nitrogens is 1. The molecule has 0 atom stereocenters. The topological polar surface area (TPSA) is 36.0 Å². The van der Waals surface area contributed by atoms with Crippen LogP contribution < -0.4 is 0 Å². The van der Waals surface area contributed by atoms with Crippen LogP contribution >= 0.6 is 15.9 Å². The van der Waals surface area contributed by atoms with Crippen LogP contribution in [-0.4, -0.2) is 10.1 Å². The van der Waals surface area contributed by atoms with Gasteiger partial charge in [0.1, 0.15) is 5.82 Å². The van der Waals surface area contributed by atoms with Crippen molar-refractivity contribution >= 4 is 26.8 Å². The molecule has 68 valence electrons. The average molecular weight is 244 g/mol. The van der Waals surface area contributed by atoms with Gasteiger partial charge >= 0.3 is 0 Å². The van der Waals surface area contributed by atoms with Gasteiger partial charge in [0.15, 0.2) is 0 Å². The number of hydrogen-bond acceptors (Lipinski definition) is 1. The molecule has 0 spiro atoms. The first-order valence-electron chi connectivity index (χ1n) is 3.79. The van der Waals surface area contributed by atoms with E-state index >= 15 is 0 Å². The summed E-state index contributed by atoms with van der Waals surface area (Å²) >= 11 is 3.29. The Morgan fingerprint density at radius 3 is 2.85 bits per heavy atom. The summed E-state index contributed by atoms with van der Waals surface area (Å²) in [5.41, 5.74) is 1.03. The van der Waals surface area contributed by atoms with Gasteiger partial charge in [-0.3, -0.25) is 0 Å². The first kappa shape index (κ1) is 8.72. The van der Waals surface area contributed by atoms with Crippen molar-refractivity contribution in [1.29, 1.82) is 0 Å². The van der Waals surface area contributed by atoms with Gasteiger partial charge in [0.2, 0.25) is 0 Å². The zero-order valence-corrected chi connectivity index (χ0v) is 8.23. The number of benzene rings is 1. The third-order valence-corrected chi connectivity index (χ3v) is 2.85. The predicted octanol–water partition coefficient (Wildman–Crippen LogP) is 2.56. The van der Waals surface area contributed by atoms with Gasteiger partial charge in [-0.15, -0.1) is 0 Å². The van der Waals surface area contributed by atoms with Gasteiger partial charge in [-0.2, -0.15) is 0 Å². The fourth-order valence-electron chi connectivity index (χ4n) is 1.31. The molecule has 0 radical (unpaired) electrons. The monoisotopic (exact) mass is 243 g/mol. The van der Waals surface area contributed by atoms with Crippen molar-refractivity contribution in [3.8, 4) is 0 Å². The number of fused-ring (bicyclic) bond motifs is 1. The average Bonchev–Trinajstić information content (AvgIpc) is 2.45. The third-order valence-electron chi connectivity index (χ3n) is 1.95. The maximum absolute atomic E-state index is 13.2. The van der Waals surface area contributed by atoms with E-state index in [9.17, 15) is 4.39 Å². The van der Waals surface area contributed by atoms with Crippen molar-refractivity contribution in [1.82, 2.24) is 4.98 Å². The molecular formula is C9H7BrFNO. The molecule has 0 bridgehead atoms. The highest BCUT2D eigenvalue weighted by molar-refractivity contribution is 9.10. The van der Waals surface area contributed by atoms with Crippen molar-refractivity contribution in [3.63, 3.8) is 0 Å². The van der Waals surface area contributed by atoms with Gasteiger partial charge < -0.3 is 10.1 Å². The molecule has 1 aromatic heterocycles. The van der Waals surface area contributed by atoms with E-state index in [1.165, 1.54) is 6.07 Å². The summed E-state index contributed by atoms with van der Waals surface area (Å²) < 4.78 is 13.9. The van der Waals surface area contributed by atoms with E-state index in [0.29, 0.717) is 11.2 Å². The van der Waals surface area contributed by atoms with Gasteiger partial charge in [0.25, 0.3) is 0 Å². The van der Waals surface area contributed by atoms with Gasteiger partial charge in [-0.05, 0) is 22.0 Å². The molecule has 2 rings (SSSR count). The largest absolute Gasteiger partial charge is 0.390 e.